The summed E-state index contributed by atoms with van der Waals surface area (Å²) in [5, 5.41) is 12.8. The summed E-state index contributed by atoms with van der Waals surface area (Å²) in [6.45, 7) is 3.98. The molecule has 0 saturated carbocycles. The fourth-order valence-electron chi connectivity index (χ4n) is 2.80. The minimum absolute atomic E-state index is 0.0500. The topological polar surface area (TPSA) is 97.3 Å². The van der Waals surface area contributed by atoms with Crippen LogP contribution >= 0.6 is 0 Å². The molecule has 0 aromatic heterocycles. The van der Waals surface area contributed by atoms with E-state index in [0.717, 1.165) is 4.90 Å². The molecule has 0 radical (unpaired) electrons. The van der Waals surface area contributed by atoms with E-state index in [1.807, 2.05) is 13.8 Å². The lowest BCUT2D eigenvalue weighted by Crippen LogP contribution is -2.40. The number of amides is 3. The van der Waals surface area contributed by atoms with Gasteiger partial charge in [-0.25, -0.2) is 4.79 Å². The number of rotatable bonds is 7. The Morgan fingerprint density at radius 2 is 2.08 bits per heavy atom. The zero-order valence-corrected chi connectivity index (χ0v) is 14.2. The van der Waals surface area contributed by atoms with Crippen molar-refractivity contribution in [1.82, 2.24) is 10.2 Å². The lowest BCUT2D eigenvalue weighted by atomic mass is 10.0. The Balaban J connectivity index is 1.51. The summed E-state index contributed by atoms with van der Waals surface area (Å²) < 4.78 is 16.0. The maximum atomic E-state index is 12.2. The summed E-state index contributed by atoms with van der Waals surface area (Å²) in [6.07, 6.45) is -0.414. The van der Waals surface area contributed by atoms with E-state index < -0.39 is 18.2 Å². The maximum Gasteiger partial charge on any atom is 0.324 e. The second-order valence-corrected chi connectivity index (χ2v) is 6.56. The van der Waals surface area contributed by atoms with Crippen LogP contribution in [0.4, 0.5) is 4.79 Å². The van der Waals surface area contributed by atoms with Gasteiger partial charge in [-0.05, 0) is 24.5 Å². The first kappa shape index (κ1) is 17.3. The van der Waals surface area contributed by atoms with Crippen LogP contribution in [0.5, 0.6) is 17.2 Å². The van der Waals surface area contributed by atoms with Crippen molar-refractivity contribution in [3.8, 4) is 17.2 Å². The van der Waals surface area contributed by atoms with Gasteiger partial charge in [0.25, 0.3) is 5.91 Å². The number of urea groups is 1. The number of hydrogen-bond acceptors (Lipinski definition) is 6. The molecule has 1 fully saturated rings. The average molecular weight is 350 g/mol. The number of hydrogen-bond donors (Lipinski definition) is 2. The molecular weight excluding hydrogens is 328 g/mol. The smallest absolute Gasteiger partial charge is 0.324 e. The number of nitrogens with one attached hydrogen (secondary N) is 1. The second kappa shape index (κ2) is 7.18. The zero-order valence-electron chi connectivity index (χ0n) is 14.2. The van der Waals surface area contributed by atoms with Crippen LogP contribution in [0.15, 0.2) is 18.2 Å². The highest BCUT2D eigenvalue weighted by Crippen LogP contribution is 2.35. The monoisotopic (exact) mass is 350 g/mol. The number of β-amino-alcohol motifs (C(OH)–C–C–N with tert-alkyl or cyclic N) is 1. The number of fused-ring (bicyclic) bond motifs is 1. The van der Waals surface area contributed by atoms with Crippen LogP contribution in [0, 0.1) is 5.92 Å². The molecule has 0 unspecified atom stereocenters. The Hall–Kier alpha value is -2.48. The number of imide groups is 1. The molecule has 136 valence electrons. The van der Waals surface area contributed by atoms with Crippen LogP contribution in [0.1, 0.15) is 20.3 Å². The SMILES string of the molecule is CC(C)C[C@@H]1NC(=O)N(C[C@H](O)COc2ccc3c(c2)OCO3)C1=O. The standard InChI is InChI=1S/C17H22N2O6/c1-10(2)5-13-16(21)19(17(22)18-13)7-11(20)8-23-12-3-4-14-15(6-12)25-9-24-14/h3-4,6,10-11,13,20H,5,7-9H2,1-2H3,(H,18,22)/t11-,13-/m0/s1. The van der Waals surface area contributed by atoms with Gasteiger partial charge in [0.2, 0.25) is 6.79 Å². The number of aliphatic hydroxyl groups is 1. The van der Waals surface area contributed by atoms with E-state index in [-0.39, 0.29) is 31.8 Å². The van der Waals surface area contributed by atoms with Crippen LogP contribution in [0.3, 0.4) is 0 Å². The van der Waals surface area contributed by atoms with E-state index in [1.165, 1.54) is 0 Å². The van der Waals surface area contributed by atoms with Crippen LogP contribution in [0.25, 0.3) is 0 Å². The molecule has 0 spiro atoms. The molecule has 0 aliphatic carbocycles. The molecule has 3 rings (SSSR count). The van der Waals surface area contributed by atoms with Crippen molar-refractivity contribution in [2.24, 2.45) is 5.92 Å². The van der Waals surface area contributed by atoms with Crippen molar-refractivity contribution in [3.05, 3.63) is 18.2 Å². The third kappa shape index (κ3) is 3.96. The molecule has 2 aliphatic heterocycles. The fourth-order valence-corrected chi connectivity index (χ4v) is 2.80. The lowest BCUT2D eigenvalue weighted by Gasteiger charge is -2.18. The van der Waals surface area contributed by atoms with Crippen molar-refractivity contribution in [3.63, 3.8) is 0 Å². The average Bonchev–Trinajstić information content (AvgIpc) is 3.12. The first-order chi connectivity index (χ1) is 11.9. The highest BCUT2D eigenvalue weighted by Gasteiger charge is 2.38. The quantitative estimate of drug-likeness (QED) is 0.715. The zero-order chi connectivity index (χ0) is 18.0. The molecule has 1 saturated heterocycles. The maximum absolute atomic E-state index is 12.2. The molecule has 1 aromatic rings. The van der Waals surface area contributed by atoms with Crippen LogP contribution in [-0.4, -0.2) is 54.0 Å². The van der Waals surface area contributed by atoms with Gasteiger partial charge in [0.05, 0.1) is 6.54 Å². The van der Waals surface area contributed by atoms with Gasteiger partial charge >= 0.3 is 6.03 Å². The molecule has 1 aromatic carbocycles. The van der Waals surface area contributed by atoms with E-state index in [9.17, 15) is 14.7 Å². The number of benzene rings is 1. The van der Waals surface area contributed by atoms with Crippen molar-refractivity contribution in [1.29, 1.82) is 0 Å². The number of carbonyl (C=O) groups excluding carboxylic acids is 2. The molecule has 8 heteroatoms. The van der Waals surface area contributed by atoms with Gasteiger partial charge in [-0.2, -0.15) is 0 Å². The number of aliphatic hydroxyl groups excluding tert-OH is 1. The van der Waals surface area contributed by atoms with Crippen LogP contribution < -0.4 is 19.5 Å². The lowest BCUT2D eigenvalue weighted by molar-refractivity contribution is -0.128. The molecule has 25 heavy (non-hydrogen) atoms. The van der Waals surface area contributed by atoms with Crippen molar-refractivity contribution < 1.29 is 28.9 Å². The summed E-state index contributed by atoms with van der Waals surface area (Å²) in [7, 11) is 0. The van der Waals surface area contributed by atoms with Crippen LogP contribution in [-0.2, 0) is 4.79 Å². The molecular formula is C17H22N2O6. The fraction of sp³-hybridized carbons (Fsp3) is 0.529. The third-order valence-electron chi connectivity index (χ3n) is 3.99. The van der Waals surface area contributed by atoms with E-state index in [4.69, 9.17) is 14.2 Å². The van der Waals surface area contributed by atoms with Gasteiger partial charge in [-0.1, -0.05) is 13.8 Å². The number of ether oxygens (including phenoxy) is 3. The van der Waals surface area contributed by atoms with Crippen molar-refractivity contribution in [2.75, 3.05) is 19.9 Å². The highest BCUT2D eigenvalue weighted by molar-refractivity contribution is 6.04. The van der Waals surface area contributed by atoms with Gasteiger partial charge in [-0.15, -0.1) is 0 Å². The molecule has 2 aliphatic rings. The van der Waals surface area contributed by atoms with Gasteiger partial charge in [0, 0.05) is 6.07 Å². The second-order valence-electron chi connectivity index (χ2n) is 6.56. The molecule has 3 amide bonds. The Morgan fingerprint density at radius 3 is 2.84 bits per heavy atom. The third-order valence-corrected chi connectivity index (χ3v) is 3.99. The number of carbonyl (C=O) groups is 2. The first-order valence-corrected chi connectivity index (χ1v) is 8.26. The normalized spacial score (nSPS) is 20.2. The van der Waals surface area contributed by atoms with Gasteiger partial charge < -0.3 is 24.6 Å². The highest BCUT2D eigenvalue weighted by atomic mass is 16.7. The Bertz CT molecular complexity index is 663. The Kier molecular flexibility index (Phi) is 4.98. The summed E-state index contributed by atoms with van der Waals surface area (Å²) >= 11 is 0. The van der Waals surface area contributed by atoms with Crippen molar-refractivity contribution >= 4 is 11.9 Å². The largest absolute Gasteiger partial charge is 0.491 e. The minimum Gasteiger partial charge on any atom is -0.491 e. The Morgan fingerprint density at radius 1 is 1.32 bits per heavy atom. The van der Waals surface area contributed by atoms with E-state index in [1.54, 1.807) is 18.2 Å². The Labute approximate surface area is 145 Å². The van der Waals surface area contributed by atoms with Crippen molar-refractivity contribution in [2.45, 2.75) is 32.4 Å². The summed E-state index contributed by atoms with van der Waals surface area (Å²) in [4.78, 5) is 25.2. The molecule has 2 N–H and O–H groups in total. The predicted octanol–water partition coefficient (Wildman–Crippen LogP) is 1.12. The van der Waals surface area contributed by atoms with Gasteiger partial charge in [-0.3, -0.25) is 9.69 Å². The molecule has 2 heterocycles. The predicted molar refractivity (Wildman–Crippen MR) is 87.6 cm³/mol. The van der Waals surface area contributed by atoms with Gasteiger partial charge in [0.1, 0.15) is 24.5 Å². The van der Waals surface area contributed by atoms with E-state index in [0.29, 0.717) is 23.7 Å². The van der Waals surface area contributed by atoms with E-state index in [2.05, 4.69) is 5.32 Å². The molecule has 2 atom stereocenters. The molecule has 0 bridgehead atoms. The summed E-state index contributed by atoms with van der Waals surface area (Å²) in [5.74, 6) is 1.72. The van der Waals surface area contributed by atoms with Gasteiger partial charge in [0.15, 0.2) is 11.5 Å². The number of nitrogens with zero attached hydrogens (tertiary/aromatic N) is 1. The minimum atomic E-state index is -0.988. The summed E-state index contributed by atoms with van der Waals surface area (Å²) in [6, 6.07) is 4.10. The molecule has 8 nitrogen and oxygen atoms in total. The summed E-state index contributed by atoms with van der Waals surface area (Å²) in [5.41, 5.74) is 0. The van der Waals surface area contributed by atoms with Crippen LogP contribution in [0.2, 0.25) is 0 Å². The van der Waals surface area contributed by atoms with E-state index >= 15 is 0 Å². The first-order valence-electron chi connectivity index (χ1n) is 8.26.